The minimum atomic E-state index is -1.15. The van der Waals surface area contributed by atoms with E-state index >= 15 is 0 Å². The van der Waals surface area contributed by atoms with E-state index in [9.17, 15) is 14.7 Å². The van der Waals surface area contributed by atoms with Crippen molar-refractivity contribution in [3.8, 4) is 0 Å². The average molecular weight is 314 g/mol. The maximum absolute atomic E-state index is 12.1. The first-order valence-electron chi connectivity index (χ1n) is 6.43. The number of morpholine rings is 1. The summed E-state index contributed by atoms with van der Waals surface area (Å²) in [5.41, 5.74) is 0.552. The van der Waals surface area contributed by atoms with Crippen molar-refractivity contribution in [2.45, 2.75) is 12.1 Å². The normalized spacial score (nSPS) is 22.4. The van der Waals surface area contributed by atoms with Crippen molar-refractivity contribution in [3.63, 3.8) is 0 Å². The molecule has 114 valence electrons. The Kier molecular flexibility index (Phi) is 5.17. The number of carboxylic acid groups (broad SMARTS) is 1. The number of aliphatic carboxylic acids is 1. The molecule has 0 bridgehead atoms. The average Bonchev–Trinajstić information content (AvgIpc) is 2.46. The first kappa shape index (κ1) is 15.8. The molecule has 1 N–H and O–H groups in total. The van der Waals surface area contributed by atoms with Gasteiger partial charge in [0.2, 0.25) is 5.91 Å². The summed E-state index contributed by atoms with van der Waals surface area (Å²) in [6.45, 7) is 0.318. The third-order valence-electron chi connectivity index (χ3n) is 3.33. The van der Waals surface area contributed by atoms with Crippen molar-refractivity contribution < 1.29 is 24.2 Å². The largest absolute Gasteiger partial charge is 0.479 e. The van der Waals surface area contributed by atoms with Gasteiger partial charge in [-0.1, -0.05) is 29.8 Å². The number of nitrogens with zero attached hydrogens (tertiary/aromatic N) is 1. The van der Waals surface area contributed by atoms with Gasteiger partial charge in [0.25, 0.3) is 0 Å². The number of ether oxygens (including phenoxy) is 2. The van der Waals surface area contributed by atoms with Gasteiger partial charge < -0.3 is 19.5 Å². The van der Waals surface area contributed by atoms with Crippen LogP contribution in [0.3, 0.4) is 0 Å². The number of benzene rings is 1. The van der Waals surface area contributed by atoms with Crippen LogP contribution in [-0.4, -0.2) is 54.9 Å². The Morgan fingerprint density at radius 1 is 1.52 bits per heavy atom. The summed E-state index contributed by atoms with van der Waals surface area (Å²) in [6, 6.07) is 6.07. The molecule has 1 aromatic carbocycles. The Morgan fingerprint density at radius 3 is 2.86 bits per heavy atom. The predicted molar refractivity (Wildman–Crippen MR) is 75.2 cm³/mol. The van der Waals surface area contributed by atoms with E-state index in [-0.39, 0.29) is 19.1 Å². The zero-order valence-electron chi connectivity index (χ0n) is 11.5. The third kappa shape index (κ3) is 3.34. The maximum atomic E-state index is 12.1. The van der Waals surface area contributed by atoms with Crippen LogP contribution >= 0.6 is 11.6 Å². The van der Waals surface area contributed by atoms with Crippen LogP contribution in [0.4, 0.5) is 0 Å². The number of carboxylic acids is 1. The van der Waals surface area contributed by atoms with Gasteiger partial charge in [-0.05, 0) is 11.6 Å². The van der Waals surface area contributed by atoms with Crippen LogP contribution < -0.4 is 0 Å². The zero-order chi connectivity index (χ0) is 15.4. The van der Waals surface area contributed by atoms with Crippen LogP contribution in [0.15, 0.2) is 24.3 Å². The van der Waals surface area contributed by atoms with Crippen molar-refractivity contribution in [2.75, 3.05) is 26.9 Å². The quantitative estimate of drug-likeness (QED) is 0.887. The smallest absolute Gasteiger partial charge is 0.335 e. The van der Waals surface area contributed by atoms with Crippen LogP contribution in [0.5, 0.6) is 0 Å². The van der Waals surface area contributed by atoms with Gasteiger partial charge in [0, 0.05) is 18.7 Å². The lowest BCUT2D eigenvalue weighted by Crippen LogP contribution is -2.52. The molecule has 1 aliphatic heterocycles. The SMILES string of the molecule is COCCN1C(=O)COC(C(=O)O)C1c1ccccc1Cl. The molecule has 0 saturated carbocycles. The topological polar surface area (TPSA) is 76.1 Å². The van der Waals surface area contributed by atoms with Crippen LogP contribution in [0.2, 0.25) is 5.02 Å². The fourth-order valence-corrected chi connectivity index (χ4v) is 2.61. The highest BCUT2D eigenvalue weighted by Crippen LogP contribution is 2.34. The molecule has 1 aliphatic rings. The lowest BCUT2D eigenvalue weighted by molar-refractivity contribution is -0.173. The van der Waals surface area contributed by atoms with Gasteiger partial charge in [-0.3, -0.25) is 4.79 Å². The van der Waals surface area contributed by atoms with E-state index in [0.29, 0.717) is 17.2 Å². The number of carbonyl (C=O) groups is 2. The Morgan fingerprint density at radius 2 is 2.24 bits per heavy atom. The second-order valence-electron chi connectivity index (χ2n) is 4.62. The molecule has 2 rings (SSSR count). The molecule has 6 nitrogen and oxygen atoms in total. The molecule has 0 spiro atoms. The van der Waals surface area contributed by atoms with Crippen LogP contribution in [-0.2, 0) is 19.1 Å². The standard InChI is InChI=1S/C14H16ClNO5/c1-20-7-6-16-11(17)8-21-13(14(18)19)12(16)9-4-2-3-5-10(9)15/h2-5,12-13H,6-8H2,1H3,(H,18,19). The highest BCUT2D eigenvalue weighted by atomic mass is 35.5. The van der Waals surface area contributed by atoms with Crippen molar-refractivity contribution in [1.29, 1.82) is 0 Å². The second kappa shape index (κ2) is 6.89. The fraction of sp³-hybridized carbons (Fsp3) is 0.429. The number of hydrogen-bond acceptors (Lipinski definition) is 4. The molecule has 7 heteroatoms. The lowest BCUT2D eigenvalue weighted by atomic mass is 9.97. The first-order chi connectivity index (χ1) is 10.1. The van der Waals surface area contributed by atoms with Gasteiger partial charge in [-0.2, -0.15) is 0 Å². The van der Waals surface area contributed by atoms with E-state index in [1.54, 1.807) is 24.3 Å². The van der Waals surface area contributed by atoms with Gasteiger partial charge in [0.15, 0.2) is 6.10 Å². The molecule has 0 aliphatic carbocycles. The molecule has 1 fully saturated rings. The molecule has 1 saturated heterocycles. The number of amides is 1. The molecular weight excluding hydrogens is 298 g/mol. The van der Waals surface area contributed by atoms with Crippen LogP contribution in [0.25, 0.3) is 0 Å². The summed E-state index contributed by atoms with van der Waals surface area (Å²) in [5.74, 6) is -1.41. The van der Waals surface area contributed by atoms with Gasteiger partial charge in [-0.15, -0.1) is 0 Å². The number of halogens is 1. The number of rotatable bonds is 5. The minimum absolute atomic E-state index is 0.262. The third-order valence-corrected chi connectivity index (χ3v) is 3.68. The highest BCUT2D eigenvalue weighted by molar-refractivity contribution is 6.31. The minimum Gasteiger partial charge on any atom is -0.479 e. The fourth-order valence-electron chi connectivity index (χ4n) is 2.36. The molecule has 21 heavy (non-hydrogen) atoms. The zero-order valence-corrected chi connectivity index (χ0v) is 12.2. The summed E-state index contributed by atoms with van der Waals surface area (Å²) in [4.78, 5) is 25.0. The maximum Gasteiger partial charge on any atom is 0.335 e. The number of methoxy groups -OCH3 is 1. The summed E-state index contributed by atoms with van der Waals surface area (Å²) in [7, 11) is 1.52. The molecular formula is C14H16ClNO5. The molecule has 1 heterocycles. The van der Waals surface area contributed by atoms with Crippen LogP contribution in [0, 0.1) is 0 Å². The predicted octanol–water partition coefficient (Wildman–Crippen LogP) is 1.34. The molecule has 0 aromatic heterocycles. The van der Waals surface area contributed by atoms with Crippen molar-refractivity contribution in [3.05, 3.63) is 34.9 Å². The van der Waals surface area contributed by atoms with Crippen molar-refractivity contribution in [1.82, 2.24) is 4.90 Å². The van der Waals surface area contributed by atoms with Gasteiger partial charge in [0.05, 0.1) is 12.6 Å². The molecule has 1 amide bonds. The van der Waals surface area contributed by atoms with Crippen molar-refractivity contribution in [2.24, 2.45) is 0 Å². The van der Waals surface area contributed by atoms with E-state index in [4.69, 9.17) is 21.1 Å². The Bertz CT molecular complexity index is 536. The highest BCUT2D eigenvalue weighted by Gasteiger charge is 2.42. The van der Waals surface area contributed by atoms with E-state index in [1.165, 1.54) is 12.0 Å². The Hall–Kier alpha value is -1.63. The second-order valence-corrected chi connectivity index (χ2v) is 5.02. The lowest BCUT2D eigenvalue weighted by Gasteiger charge is -2.39. The molecule has 2 unspecified atom stereocenters. The molecule has 0 radical (unpaired) electrons. The van der Waals surface area contributed by atoms with E-state index in [1.807, 2.05) is 0 Å². The van der Waals surface area contributed by atoms with Gasteiger partial charge >= 0.3 is 5.97 Å². The van der Waals surface area contributed by atoms with E-state index < -0.39 is 18.1 Å². The van der Waals surface area contributed by atoms with Gasteiger partial charge in [-0.25, -0.2) is 4.79 Å². The first-order valence-corrected chi connectivity index (χ1v) is 6.81. The molecule has 1 aromatic rings. The summed E-state index contributed by atoms with van der Waals surface area (Å²) in [5, 5.41) is 9.75. The van der Waals surface area contributed by atoms with E-state index in [0.717, 1.165) is 0 Å². The summed E-state index contributed by atoms with van der Waals surface area (Å²) >= 11 is 6.16. The van der Waals surface area contributed by atoms with Crippen molar-refractivity contribution >= 4 is 23.5 Å². The Balaban J connectivity index is 2.41. The monoisotopic (exact) mass is 313 g/mol. The number of hydrogen-bond donors (Lipinski definition) is 1. The van der Waals surface area contributed by atoms with E-state index in [2.05, 4.69) is 0 Å². The Labute approximate surface area is 127 Å². The number of carbonyl (C=O) groups excluding carboxylic acids is 1. The van der Waals surface area contributed by atoms with Crippen LogP contribution in [0.1, 0.15) is 11.6 Å². The molecule has 2 atom stereocenters. The van der Waals surface area contributed by atoms with Gasteiger partial charge in [0.1, 0.15) is 6.61 Å². The summed E-state index contributed by atoms with van der Waals surface area (Å²) in [6.07, 6.45) is -1.15. The summed E-state index contributed by atoms with van der Waals surface area (Å²) < 4.78 is 10.2.